The molecule has 0 radical (unpaired) electrons. The first-order chi connectivity index (χ1) is 6.61. The average molecular weight is 193 g/mol. The first-order valence-electron chi connectivity index (χ1n) is 4.58. The van der Waals surface area contributed by atoms with E-state index in [1.807, 2.05) is 19.9 Å². The Morgan fingerprint density at radius 1 is 1.50 bits per heavy atom. The third-order valence-electron chi connectivity index (χ3n) is 2.39. The average Bonchev–Trinajstić information content (AvgIpc) is 2.16. The Hall–Kier alpha value is -1.51. The quantitative estimate of drug-likeness (QED) is 0.793. The Labute approximate surface area is 83.9 Å². The van der Waals surface area contributed by atoms with Gasteiger partial charge in [0, 0.05) is 0 Å². The van der Waals surface area contributed by atoms with Crippen LogP contribution in [0.5, 0.6) is 5.75 Å². The van der Waals surface area contributed by atoms with Crippen LogP contribution in [0.4, 0.5) is 0 Å². The molecule has 0 fully saturated rings. The fourth-order valence-corrected chi connectivity index (χ4v) is 1.59. The predicted octanol–water partition coefficient (Wildman–Crippen LogP) is 1.66. The topological polar surface area (TPSA) is 52.3 Å². The molecular weight excluding hydrogens is 178 g/mol. The molecule has 0 saturated heterocycles. The maximum Gasteiger partial charge on any atom is 0.252 e. The third-order valence-corrected chi connectivity index (χ3v) is 2.39. The van der Waals surface area contributed by atoms with Gasteiger partial charge in [-0.1, -0.05) is 13.0 Å². The zero-order valence-electron chi connectivity index (χ0n) is 8.76. The molecule has 0 spiro atoms. The maximum absolute atomic E-state index is 11.2. The van der Waals surface area contributed by atoms with Crippen LogP contribution in [0.15, 0.2) is 12.1 Å². The Kier molecular flexibility index (Phi) is 3.12. The Balaban J connectivity index is 3.39. The van der Waals surface area contributed by atoms with Crippen LogP contribution in [0.25, 0.3) is 0 Å². The minimum Gasteiger partial charge on any atom is -0.496 e. The van der Waals surface area contributed by atoms with Crippen LogP contribution in [0.1, 0.15) is 28.4 Å². The minimum atomic E-state index is -0.436. The number of carbonyl (C=O) groups is 1. The fourth-order valence-electron chi connectivity index (χ4n) is 1.59. The molecule has 14 heavy (non-hydrogen) atoms. The molecule has 1 aromatic carbocycles. The van der Waals surface area contributed by atoms with E-state index in [0.717, 1.165) is 17.5 Å². The number of aryl methyl sites for hydroxylation is 1. The molecule has 3 heteroatoms. The monoisotopic (exact) mass is 193 g/mol. The van der Waals surface area contributed by atoms with Crippen LogP contribution in [0.2, 0.25) is 0 Å². The lowest BCUT2D eigenvalue weighted by Crippen LogP contribution is -2.15. The van der Waals surface area contributed by atoms with E-state index in [1.54, 1.807) is 6.07 Å². The molecule has 0 bridgehead atoms. The van der Waals surface area contributed by atoms with Crippen molar-refractivity contribution in [1.29, 1.82) is 0 Å². The van der Waals surface area contributed by atoms with Crippen LogP contribution >= 0.6 is 0 Å². The van der Waals surface area contributed by atoms with Crippen molar-refractivity contribution >= 4 is 5.91 Å². The molecule has 0 heterocycles. The van der Waals surface area contributed by atoms with Gasteiger partial charge in [0.15, 0.2) is 0 Å². The number of nitrogens with two attached hydrogens (primary N) is 1. The number of carbonyl (C=O) groups excluding carboxylic acids is 1. The lowest BCUT2D eigenvalue weighted by atomic mass is 9.99. The largest absolute Gasteiger partial charge is 0.496 e. The number of hydrogen-bond acceptors (Lipinski definition) is 2. The molecule has 1 rings (SSSR count). The summed E-state index contributed by atoms with van der Waals surface area (Å²) in [5, 5.41) is 0. The van der Waals surface area contributed by atoms with E-state index in [4.69, 9.17) is 10.5 Å². The molecule has 0 saturated carbocycles. The van der Waals surface area contributed by atoms with E-state index >= 15 is 0 Å². The summed E-state index contributed by atoms with van der Waals surface area (Å²) < 4.78 is 5.09. The number of amides is 1. The SMILES string of the molecule is CCc1ccc(OC)c(C(N)=O)c1C. The second-order valence-electron chi connectivity index (χ2n) is 3.14. The third kappa shape index (κ3) is 1.71. The number of primary amides is 1. The Morgan fingerprint density at radius 3 is 2.57 bits per heavy atom. The summed E-state index contributed by atoms with van der Waals surface area (Å²) in [5.74, 6) is 0.113. The number of methoxy groups -OCH3 is 1. The van der Waals surface area contributed by atoms with Crippen LogP contribution < -0.4 is 10.5 Å². The first-order valence-corrected chi connectivity index (χ1v) is 4.58. The van der Waals surface area contributed by atoms with E-state index in [0.29, 0.717) is 11.3 Å². The van der Waals surface area contributed by atoms with Gasteiger partial charge in [-0.05, 0) is 30.5 Å². The van der Waals surface area contributed by atoms with Gasteiger partial charge in [0.1, 0.15) is 5.75 Å². The summed E-state index contributed by atoms with van der Waals surface area (Å²) in [4.78, 5) is 11.2. The standard InChI is InChI=1S/C11H15NO2/c1-4-8-5-6-9(14-3)10(7(8)2)11(12)13/h5-6H,4H2,1-3H3,(H2,12,13). The number of ether oxygens (including phenoxy) is 1. The van der Waals surface area contributed by atoms with Gasteiger partial charge in [-0.3, -0.25) is 4.79 Å². The van der Waals surface area contributed by atoms with E-state index < -0.39 is 5.91 Å². The second-order valence-corrected chi connectivity index (χ2v) is 3.14. The molecule has 0 aliphatic heterocycles. The zero-order valence-corrected chi connectivity index (χ0v) is 8.76. The van der Waals surface area contributed by atoms with E-state index in [-0.39, 0.29) is 0 Å². The summed E-state index contributed by atoms with van der Waals surface area (Å²) in [6.45, 7) is 3.93. The number of hydrogen-bond donors (Lipinski definition) is 1. The molecule has 0 atom stereocenters. The number of rotatable bonds is 3. The van der Waals surface area contributed by atoms with Crippen molar-refractivity contribution in [2.75, 3.05) is 7.11 Å². The van der Waals surface area contributed by atoms with Gasteiger partial charge in [-0.25, -0.2) is 0 Å². The van der Waals surface area contributed by atoms with Gasteiger partial charge >= 0.3 is 0 Å². The molecule has 76 valence electrons. The molecule has 0 aliphatic rings. The van der Waals surface area contributed by atoms with Gasteiger partial charge in [0.25, 0.3) is 5.91 Å². The Morgan fingerprint density at radius 2 is 2.14 bits per heavy atom. The van der Waals surface area contributed by atoms with Crippen LogP contribution in [-0.2, 0) is 6.42 Å². The van der Waals surface area contributed by atoms with Crippen molar-refractivity contribution in [3.05, 3.63) is 28.8 Å². The molecular formula is C11H15NO2. The van der Waals surface area contributed by atoms with Crippen LogP contribution in [-0.4, -0.2) is 13.0 Å². The van der Waals surface area contributed by atoms with Gasteiger partial charge in [0.2, 0.25) is 0 Å². The number of benzene rings is 1. The van der Waals surface area contributed by atoms with Crippen molar-refractivity contribution in [1.82, 2.24) is 0 Å². The summed E-state index contributed by atoms with van der Waals surface area (Å²) in [6.07, 6.45) is 0.885. The highest BCUT2D eigenvalue weighted by Crippen LogP contribution is 2.24. The van der Waals surface area contributed by atoms with E-state index in [2.05, 4.69) is 0 Å². The van der Waals surface area contributed by atoms with Crippen molar-refractivity contribution in [3.63, 3.8) is 0 Å². The van der Waals surface area contributed by atoms with E-state index in [9.17, 15) is 4.79 Å². The molecule has 1 aromatic rings. The van der Waals surface area contributed by atoms with Gasteiger partial charge < -0.3 is 10.5 Å². The first kappa shape index (κ1) is 10.6. The zero-order chi connectivity index (χ0) is 10.7. The van der Waals surface area contributed by atoms with Gasteiger partial charge in [-0.15, -0.1) is 0 Å². The molecule has 0 aliphatic carbocycles. The van der Waals surface area contributed by atoms with E-state index in [1.165, 1.54) is 7.11 Å². The molecule has 3 nitrogen and oxygen atoms in total. The summed E-state index contributed by atoms with van der Waals surface area (Å²) >= 11 is 0. The second kappa shape index (κ2) is 4.13. The summed E-state index contributed by atoms with van der Waals surface area (Å²) in [5.41, 5.74) is 7.83. The van der Waals surface area contributed by atoms with Crippen LogP contribution in [0.3, 0.4) is 0 Å². The van der Waals surface area contributed by atoms with Crippen molar-refractivity contribution in [3.8, 4) is 5.75 Å². The highest BCUT2D eigenvalue weighted by Gasteiger charge is 2.14. The molecule has 2 N–H and O–H groups in total. The minimum absolute atomic E-state index is 0.436. The van der Waals surface area contributed by atoms with Crippen molar-refractivity contribution in [2.45, 2.75) is 20.3 Å². The van der Waals surface area contributed by atoms with Crippen LogP contribution in [0, 0.1) is 6.92 Å². The maximum atomic E-state index is 11.2. The van der Waals surface area contributed by atoms with Gasteiger partial charge in [0.05, 0.1) is 12.7 Å². The lowest BCUT2D eigenvalue weighted by molar-refractivity contribution is 0.0996. The predicted molar refractivity (Wildman–Crippen MR) is 55.6 cm³/mol. The molecule has 0 aromatic heterocycles. The fraction of sp³-hybridized carbons (Fsp3) is 0.364. The summed E-state index contributed by atoms with van der Waals surface area (Å²) in [7, 11) is 1.53. The lowest BCUT2D eigenvalue weighted by Gasteiger charge is -2.11. The van der Waals surface area contributed by atoms with Crippen molar-refractivity contribution < 1.29 is 9.53 Å². The van der Waals surface area contributed by atoms with Gasteiger partial charge in [-0.2, -0.15) is 0 Å². The molecule has 1 amide bonds. The summed E-state index contributed by atoms with van der Waals surface area (Å²) in [6, 6.07) is 3.74. The van der Waals surface area contributed by atoms with Crippen molar-refractivity contribution in [2.24, 2.45) is 5.73 Å². The smallest absolute Gasteiger partial charge is 0.252 e. The highest BCUT2D eigenvalue weighted by molar-refractivity contribution is 5.97. The normalized spacial score (nSPS) is 9.93. The Bertz CT molecular complexity index is 359. The highest BCUT2D eigenvalue weighted by atomic mass is 16.5. The molecule has 0 unspecified atom stereocenters.